The Labute approximate surface area is 160 Å². The first-order valence-corrected chi connectivity index (χ1v) is 8.67. The van der Waals surface area contributed by atoms with Gasteiger partial charge in [0.25, 0.3) is 5.91 Å². The normalized spacial score (nSPS) is 14.6. The Morgan fingerprint density at radius 2 is 1.57 bits per heavy atom. The standard InChI is InChI=1S/C18H22F3N3O4/c1-18(2,3)28-17(27)22-10-13(25)23-6-8-24(9-7-23)16(26)11-4-5-12(19)15(21)14(11)20/h4-5H,6-10H2,1-3H3,(H,22,27). The molecular weight excluding hydrogens is 379 g/mol. The minimum Gasteiger partial charge on any atom is -0.444 e. The van der Waals surface area contributed by atoms with Gasteiger partial charge in [0, 0.05) is 26.2 Å². The summed E-state index contributed by atoms with van der Waals surface area (Å²) in [4.78, 5) is 38.7. The van der Waals surface area contributed by atoms with E-state index in [0.29, 0.717) is 6.07 Å². The highest BCUT2D eigenvalue weighted by atomic mass is 19.2. The lowest BCUT2D eigenvalue weighted by molar-refractivity contribution is -0.131. The maximum atomic E-state index is 13.8. The van der Waals surface area contributed by atoms with Gasteiger partial charge >= 0.3 is 6.09 Å². The highest BCUT2D eigenvalue weighted by Crippen LogP contribution is 2.18. The van der Waals surface area contributed by atoms with Gasteiger partial charge in [-0.15, -0.1) is 0 Å². The van der Waals surface area contributed by atoms with Crippen molar-refractivity contribution in [1.82, 2.24) is 15.1 Å². The van der Waals surface area contributed by atoms with Crippen molar-refractivity contribution >= 4 is 17.9 Å². The van der Waals surface area contributed by atoms with Crippen molar-refractivity contribution in [3.05, 3.63) is 35.1 Å². The summed E-state index contributed by atoms with van der Waals surface area (Å²) in [6, 6.07) is 1.58. The van der Waals surface area contributed by atoms with Gasteiger partial charge in [-0.1, -0.05) is 0 Å². The first-order valence-electron chi connectivity index (χ1n) is 8.67. The number of hydrogen-bond acceptors (Lipinski definition) is 4. The minimum atomic E-state index is -1.70. The van der Waals surface area contributed by atoms with E-state index in [1.807, 2.05) is 0 Å². The molecule has 1 aromatic carbocycles. The number of benzene rings is 1. The van der Waals surface area contributed by atoms with E-state index >= 15 is 0 Å². The number of amides is 3. The fourth-order valence-electron chi connectivity index (χ4n) is 2.59. The van der Waals surface area contributed by atoms with E-state index in [2.05, 4.69) is 5.32 Å². The Kier molecular flexibility index (Phi) is 6.52. The first-order chi connectivity index (χ1) is 13.0. The second-order valence-corrected chi connectivity index (χ2v) is 7.25. The molecule has 1 N–H and O–H groups in total. The molecule has 154 valence electrons. The van der Waals surface area contributed by atoms with E-state index in [-0.39, 0.29) is 38.6 Å². The molecule has 0 bridgehead atoms. The van der Waals surface area contributed by atoms with Gasteiger partial charge in [0.2, 0.25) is 5.91 Å². The van der Waals surface area contributed by atoms with Gasteiger partial charge in [0.05, 0.1) is 5.56 Å². The van der Waals surface area contributed by atoms with Crippen molar-refractivity contribution in [2.45, 2.75) is 26.4 Å². The van der Waals surface area contributed by atoms with Crippen LogP contribution in [0.1, 0.15) is 31.1 Å². The molecule has 0 atom stereocenters. The molecule has 1 aliphatic heterocycles. The van der Waals surface area contributed by atoms with E-state index < -0.39 is 40.6 Å². The highest BCUT2D eigenvalue weighted by Gasteiger charge is 2.28. The molecule has 3 amide bonds. The summed E-state index contributed by atoms with van der Waals surface area (Å²) in [6.07, 6.45) is -0.719. The average Bonchev–Trinajstić information content (AvgIpc) is 2.62. The molecule has 0 aliphatic carbocycles. The summed E-state index contributed by atoms with van der Waals surface area (Å²) in [5, 5.41) is 2.36. The van der Waals surface area contributed by atoms with Crippen LogP contribution in [0.25, 0.3) is 0 Å². The summed E-state index contributed by atoms with van der Waals surface area (Å²) < 4.78 is 45.1. The summed E-state index contributed by atoms with van der Waals surface area (Å²) >= 11 is 0. The van der Waals surface area contributed by atoms with Crippen LogP contribution in [0.2, 0.25) is 0 Å². The summed E-state index contributed by atoms with van der Waals surface area (Å²) in [6.45, 7) is 5.32. The average molecular weight is 401 g/mol. The summed E-state index contributed by atoms with van der Waals surface area (Å²) in [5.74, 6) is -5.76. The van der Waals surface area contributed by atoms with Crippen molar-refractivity contribution in [3.8, 4) is 0 Å². The first kappa shape index (κ1) is 21.5. The molecular formula is C18H22F3N3O4. The molecule has 1 saturated heterocycles. The Bertz CT molecular complexity index is 772. The number of alkyl carbamates (subject to hydrolysis) is 1. The lowest BCUT2D eigenvalue weighted by atomic mass is 10.1. The largest absolute Gasteiger partial charge is 0.444 e. The van der Waals surface area contributed by atoms with E-state index in [1.54, 1.807) is 20.8 Å². The van der Waals surface area contributed by atoms with Crippen LogP contribution in [0.5, 0.6) is 0 Å². The zero-order valence-electron chi connectivity index (χ0n) is 15.9. The molecule has 1 aromatic rings. The molecule has 0 aromatic heterocycles. The van der Waals surface area contributed by atoms with Crippen LogP contribution in [-0.2, 0) is 9.53 Å². The lowest BCUT2D eigenvalue weighted by Gasteiger charge is -2.35. The molecule has 1 fully saturated rings. The van der Waals surface area contributed by atoms with Crippen molar-refractivity contribution in [2.24, 2.45) is 0 Å². The van der Waals surface area contributed by atoms with Gasteiger partial charge in [0.1, 0.15) is 12.1 Å². The van der Waals surface area contributed by atoms with Gasteiger partial charge in [-0.3, -0.25) is 9.59 Å². The fraction of sp³-hybridized carbons (Fsp3) is 0.500. The van der Waals surface area contributed by atoms with Gasteiger partial charge in [-0.25, -0.2) is 18.0 Å². The molecule has 28 heavy (non-hydrogen) atoms. The van der Waals surface area contributed by atoms with Crippen LogP contribution in [0.3, 0.4) is 0 Å². The van der Waals surface area contributed by atoms with Gasteiger partial charge in [-0.05, 0) is 32.9 Å². The minimum absolute atomic E-state index is 0.0927. The Balaban J connectivity index is 1.87. The third-order valence-corrected chi connectivity index (χ3v) is 3.97. The predicted molar refractivity (Wildman–Crippen MR) is 93.0 cm³/mol. The van der Waals surface area contributed by atoms with E-state index in [4.69, 9.17) is 4.74 Å². The molecule has 2 rings (SSSR count). The molecule has 0 saturated carbocycles. The highest BCUT2D eigenvalue weighted by molar-refractivity contribution is 5.94. The summed E-state index contributed by atoms with van der Waals surface area (Å²) in [7, 11) is 0. The molecule has 0 unspecified atom stereocenters. The van der Waals surface area contributed by atoms with Crippen LogP contribution in [-0.4, -0.2) is 66.0 Å². The quantitative estimate of drug-likeness (QED) is 0.785. The molecule has 10 heteroatoms. The number of nitrogens with one attached hydrogen (secondary N) is 1. The van der Waals surface area contributed by atoms with E-state index in [1.165, 1.54) is 9.80 Å². The van der Waals surface area contributed by atoms with Crippen molar-refractivity contribution < 1.29 is 32.3 Å². The Morgan fingerprint density at radius 3 is 2.14 bits per heavy atom. The number of piperazine rings is 1. The number of carbonyl (C=O) groups excluding carboxylic acids is 3. The van der Waals surface area contributed by atoms with E-state index in [0.717, 1.165) is 6.07 Å². The molecule has 1 heterocycles. The smallest absolute Gasteiger partial charge is 0.408 e. The maximum Gasteiger partial charge on any atom is 0.408 e. The maximum absolute atomic E-state index is 13.8. The van der Waals surface area contributed by atoms with Crippen molar-refractivity contribution in [1.29, 1.82) is 0 Å². The topological polar surface area (TPSA) is 79.0 Å². The number of hydrogen-bond donors (Lipinski definition) is 1. The van der Waals surface area contributed by atoms with Crippen molar-refractivity contribution in [2.75, 3.05) is 32.7 Å². The number of halogens is 3. The van der Waals surface area contributed by atoms with Gasteiger partial charge in [-0.2, -0.15) is 0 Å². The summed E-state index contributed by atoms with van der Waals surface area (Å²) in [5.41, 5.74) is -1.25. The zero-order valence-corrected chi connectivity index (χ0v) is 15.9. The Hall–Kier alpha value is -2.78. The fourth-order valence-corrected chi connectivity index (χ4v) is 2.59. The predicted octanol–water partition coefficient (Wildman–Crippen LogP) is 1.91. The van der Waals surface area contributed by atoms with Crippen LogP contribution in [0.15, 0.2) is 12.1 Å². The number of ether oxygens (including phenoxy) is 1. The second kappa shape index (κ2) is 8.49. The monoisotopic (exact) mass is 401 g/mol. The van der Waals surface area contributed by atoms with Gasteiger partial charge in [0.15, 0.2) is 17.5 Å². The SMILES string of the molecule is CC(C)(C)OC(=O)NCC(=O)N1CCN(C(=O)c2ccc(F)c(F)c2F)CC1. The second-order valence-electron chi connectivity index (χ2n) is 7.25. The third kappa shape index (κ3) is 5.37. The van der Waals surface area contributed by atoms with Crippen LogP contribution in [0, 0.1) is 17.5 Å². The van der Waals surface area contributed by atoms with Gasteiger partial charge < -0.3 is 19.9 Å². The van der Waals surface area contributed by atoms with Crippen molar-refractivity contribution in [3.63, 3.8) is 0 Å². The number of nitrogens with zero attached hydrogens (tertiary/aromatic N) is 2. The number of carbonyl (C=O) groups is 3. The van der Waals surface area contributed by atoms with E-state index in [9.17, 15) is 27.6 Å². The third-order valence-electron chi connectivity index (χ3n) is 3.97. The molecule has 0 radical (unpaired) electrons. The molecule has 0 spiro atoms. The molecule has 1 aliphatic rings. The lowest BCUT2D eigenvalue weighted by Crippen LogP contribution is -2.52. The van der Waals surface area contributed by atoms with Crippen LogP contribution >= 0.6 is 0 Å². The zero-order chi connectivity index (χ0) is 21.1. The molecule has 7 nitrogen and oxygen atoms in total. The Morgan fingerprint density at radius 1 is 1.00 bits per heavy atom. The van der Waals surface area contributed by atoms with Crippen LogP contribution < -0.4 is 5.32 Å². The number of rotatable bonds is 3. The van der Waals surface area contributed by atoms with Crippen LogP contribution in [0.4, 0.5) is 18.0 Å².